The lowest BCUT2D eigenvalue weighted by Gasteiger charge is -2.23. The molecule has 4 N–H and O–H groups in total. The Morgan fingerprint density at radius 1 is 1.16 bits per heavy atom. The van der Waals surface area contributed by atoms with Gasteiger partial charge in [0.2, 0.25) is 0 Å². The van der Waals surface area contributed by atoms with Crippen molar-refractivity contribution in [3.05, 3.63) is 0 Å². The SMILES string of the molecule is CNC(=S)N/N=C1/CCOC(C)/C1=N\NC(=S)NC. The average Bonchev–Trinajstić information content (AvgIpc) is 2.43. The first-order valence-corrected chi connectivity index (χ1v) is 6.61. The maximum atomic E-state index is 5.53. The van der Waals surface area contributed by atoms with Crippen LogP contribution < -0.4 is 21.5 Å². The molecular weight excluding hydrogens is 284 g/mol. The van der Waals surface area contributed by atoms with E-state index < -0.39 is 0 Å². The van der Waals surface area contributed by atoms with Crippen LogP contribution in [0.3, 0.4) is 0 Å². The molecular formula is C10H18N6OS2. The Labute approximate surface area is 123 Å². The predicted molar refractivity (Wildman–Crippen MR) is 84.5 cm³/mol. The van der Waals surface area contributed by atoms with E-state index in [-0.39, 0.29) is 6.10 Å². The molecule has 1 aliphatic heterocycles. The van der Waals surface area contributed by atoms with Crippen molar-refractivity contribution in [1.29, 1.82) is 0 Å². The topological polar surface area (TPSA) is 82.1 Å². The summed E-state index contributed by atoms with van der Waals surface area (Å²) in [4.78, 5) is 0. The Kier molecular flexibility index (Phi) is 6.60. The van der Waals surface area contributed by atoms with Crippen molar-refractivity contribution in [3.63, 3.8) is 0 Å². The van der Waals surface area contributed by atoms with Crippen molar-refractivity contribution in [1.82, 2.24) is 21.5 Å². The van der Waals surface area contributed by atoms with Gasteiger partial charge in [-0.15, -0.1) is 0 Å². The van der Waals surface area contributed by atoms with E-state index in [1.165, 1.54) is 0 Å². The smallest absolute Gasteiger partial charge is 0.186 e. The van der Waals surface area contributed by atoms with Gasteiger partial charge in [0.05, 0.1) is 12.3 Å². The average molecular weight is 302 g/mol. The number of hydrazone groups is 2. The first-order valence-electron chi connectivity index (χ1n) is 5.80. The standard InChI is InChI=1S/C10H18N6OS2/c1-6-8(14-16-10(19)12-3)7(4-5-17-6)13-15-9(18)11-2/h6H,4-5H2,1-3H3,(H2,11,15,18)(H2,12,16,19)/b13-7-,14-8+. The van der Waals surface area contributed by atoms with E-state index in [0.29, 0.717) is 29.0 Å². The van der Waals surface area contributed by atoms with Crippen molar-refractivity contribution < 1.29 is 4.74 Å². The molecule has 7 nitrogen and oxygen atoms in total. The molecule has 1 rings (SSSR count). The zero-order valence-corrected chi connectivity index (χ0v) is 12.7. The van der Waals surface area contributed by atoms with Crippen LogP contribution in [-0.4, -0.2) is 48.5 Å². The van der Waals surface area contributed by atoms with Crippen LogP contribution >= 0.6 is 24.4 Å². The van der Waals surface area contributed by atoms with E-state index in [1.807, 2.05) is 6.92 Å². The number of thiocarbonyl (C=S) groups is 2. The van der Waals surface area contributed by atoms with Crippen LogP contribution in [0.5, 0.6) is 0 Å². The minimum Gasteiger partial charge on any atom is -0.372 e. The molecule has 0 aromatic carbocycles. The summed E-state index contributed by atoms with van der Waals surface area (Å²) in [6.45, 7) is 2.51. The molecule has 1 saturated heterocycles. The molecule has 0 saturated carbocycles. The molecule has 0 radical (unpaired) electrons. The van der Waals surface area contributed by atoms with E-state index in [9.17, 15) is 0 Å². The van der Waals surface area contributed by atoms with Crippen LogP contribution in [0.15, 0.2) is 10.2 Å². The summed E-state index contributed by atoms with van der Waals surface area (Å²) in [5.74, 6) is 0. The molecule has 0 amide bonds. The molecule has 0 aromatic heterocycles. The summed E-state index contributed by atoms with van der Waals surface area (Å²) in [5.41, 5.74) is 6.98. The molecule has 1 aliphatic rings. The normalized spacial score (nSPS) is 23.0. The predicted octanol–water partition coefficient (Wildman–Crippen LogP) is -0.305. The lowest BCUT2D eigenvalue weighted by atomic mass is 10.1. The minimum absolute atomic E-state index is 0.149. The first-order chi connectivity index (χ1) is 9.08. The van der Waals surface area contributed by atoms with Crippen LogP contribution in [0, 0.1) is 0 Å². The van der Waals surface area contributed by atoms with Gasteiger partial charge in [0, 0.05) is 20.5 Å². The van der Waals surface area contributed by atoms with Crippen LogP contribution in [0.2, 0.25) is 0 Å². The second kappa shape index (κ2) is 7.97. The Balaban J connectivity index is 2.80. The van der Waals surface area contributed by atoms with Gasteiger partial charge >= 0.3 is 0 Å². The van der Waals surface area contributed by atoms with Gasteiger partial charge in [0.25, 0.3) is 0 Å². The lowest BCUT2D eigenvalue weighted by molar-refractivity contribution is 0.110. The minimum atomic E-state index is -0.149. The zero-order chi connectivity index (χ0) is 14.3. The molecule has 106 valence electrons. The number of rotatable bonds is 2. The number of hydrogen-bond donors (Lipinski definition) is 4. The van der Waals surface area contributed by atoms with Crippen molar-refractivity contribution in [3.8, 4) is 0 Å². The van der Waals surface area contributed by atoms with Crippen molar-refractivity contribution in [2.24, 2.45) is 10.2 Å². The highest BCUT2D eigenvalue weighted by molar-refractivity contribution is 7.80. The monoisotopic (exact) mass is 302 g/mol. The fraction of sp³-hybridized carbons (Fsp3) is 0.600. The second-order valence-electron chi connectivity index (χ2n) is 3.70. The van der Waals surface area contributed by atoms with Gasteiger partial charge in [-0.1, -0.05) is 0 Å². The highest BCUT2D eigenvalue weighted by Gasteiger charge is 2.23. The zero-order valence-electron chi connectivity index (χ0n) is 11.1. The summed E-state index contributed by atoms with van der Waals surface area (Å²) < 4.78 is 5.53. The third kappa shape index (κ3) is 5.05. The van der Waals surface area contributed by atoms with Gasteiger partial charge in [-0.2, -0.15) is 10.2 Å². The summed E-state index contributed by atoms with van der Waals surface area (Å²) >= 11 is 9.94. The Morgan fingerprint density at radius 2 is 1.74 bits per heavy atom. The van der Waals surface area contributed by atoms with Gasteiger partial charge in [-0.25, -0.2) is 0 Å². The quantitative estimate of drug-likeness (QED) is 0.412. The van der Waals surface area contributed by atoms with Gasteiger partial charge in [0.15, 0.2) is 10.2 Å². The molecule has 0 bridgehead atoms. The summed E-state index contributed by atoms with van der Waals surface area (Å²) in [6, 6.07) is 0. The van der Waals surface area contributed by atoms with Gasteiger partial charge in [-0.3, -0.25) is 10.9 Å². The highest BCUT2D eigenvalue weighted by Crippen LogP contribution is 2.08. The fourth-order valence-electron chi connectivity index (χ4n) is 1.38. The second-order valence-corrected chi connectivity index (χ2v) is 4.52. The van der Waals surface area contributed by atoms with Crippen molar-refractivity contribution in [2.45, 2.75) is 19.4 Å². The molecule has 1 heterocycles. The van der Waals surface area contributed by atoms with Crippen LogP contribution in [-0.2, 0) is 4.74 Å². The van der Waals surface area contributed by atoms with E-state index in [4.69, 9.17) is 29.2 Å². The maximum Gasteiger partial charge on any atom is 0.186 e. The molecule has 9 heteroatoms. The van der Waals surface area contributed by atoms with Crippen LogP contribution in [0.25, 0.3) is 0 Å². The van der Waals surface area contributed by atoms with Gasteiger partial charge in [0.1, 0.15) is 11.8 Å². The van der Waals surface area contributed by atoms with Gasteiger partial charge < -0.3 is 15.4 Å². The van der Waals surface area contributed by atoms with Gasteiger partial charge in [-0.05, 0) is 31.4 Å². The molecule has 1 atom stereocenters. The molecule has 1 fully saturated rings. The van der Waals surface area contributed by atoms with Crippen molar-refractivity contribution in [2.75, 3.05) is 20.7 Å². The largest absolute Gasteiger partial charge is 0.372 e. The Hall–Kier alpha value is -1.32. The van der Waals surface area contributed by atoms with E-state index in [2.05, 4.69) is 31.7 Å². The van der Waals surface area contributed by atoms with Crippen LogP contribution in [0.4, 0.5) is 0 Å². The first kappa shape index (κ1) is 15.7. The molecule has 1 unspecified atom stereocenters. The summed E-state index contributed by atoms with van der Waals surface area (Å²) in [7, 11) is 3.45. The third-order valence-electron chi connectivity index (χ3n) is 2.41. The maximum absolute atomic E-state index is 5.53. The Bertz CT molecular complexity index is 409. The molecule has 0 spiro atoms. The molecule has 19 heavy (non-hydrogen) atoms. The third-order valence-corrected chi connectivity index (χ3v) is 3.00. The fourth-order valence-corrected chi connectivity index (χ4v) is 1.47. The molecule has 0 aromatic rings. The van der Waals surface area contributed by atoms with E-state index >= 15 is 0 Å². The summed E-state index contributed by atoms with van der Waals surface area (Å²) in [5, 5.41) is 14.9. The van der Waals surface area contributed by atoms with Crippen molar-refractivity contribution >= 4 is 46.1 Å². The van der Waals surface area contributed by atoms with E-state index in [1.54, 1.807) is 14.1 Å². The highest BCUT2D eigenvalue weighted by atomic mass is 32.1. The molecule has 0 aliphatic carbocycles. The van der Waals surface area contributed by atoms with Crippen LogP contribution in [0.1, 0.15) is 13.3 Å². The number of nitrogens with one attached hydrogen (secondary N) is 4. The number of hydrogen-bond acceptors (Lipinski definition) is 5. The summed E-state index contributed by atoms with van der Waals surface area (Å²) in [6.07, 6.45) is 0.515. The Morgan fingerprint density at radius 3 is 2.32 bits per heavy atom. The number of ether oxygens (including phenoxy) is 1. The lowest BCUT2D eigenvalue weighted by Crippen LogP contribution is -2.40. The number of nitrogens with zero attached hydrogens (tertiary/aromatic N) is 2. The van der Waals surface area contributed by atoms with E-state index in [0.717, 1.165) is 5.71 Å².